The van der Waals surface area contributed by atoms with Crippen molar-refractivity contribution in [3.05, 3.63) is 53.6 Å². The topological polar surface area (TPSA) is 89.1 Å². The lowest BCUT2D eigenvalue weighted by molar-refractivity contribution is 0.0281. The molecule has 2 aromatic carbocycles. The molecule has 2 amide bonds. The molecule has 0 saturated carbocycles. The summed E-state index contributed by atoms with van der Waals surface area (Å²) < 4.78 is 16.8. The van der Waals surface area contributed by atoms with Crippen LogP contribution in [0.3, 0.4) is 0 Å². The Hall–Kier alpha value is -3.10. The first kappa shape index (κ1) is 24.5. The number of fused-ring (bicyclic) bond motifs is 1. The maximum atomic E-state index is 13.3. The van der Waals surface area contributed by atoms with E-state index in [0.717, 1.165) is 6.54 Å². The van der Waals surface area contributed by atoms with Crippen molar-refractivity contribution in [1.82, 2.24) is 10.2 Å². The van der Waals surface area contributed by atoms with Gasteiger partial charge in [0.05, 0.1) is 18.8 Å². The van der Waals surface area contributed by atoms with Crippen molar-refractivity contribution in [3.8, 4) is 11.5 Å². The van der Waals surface area contributed by atoms with Gasteiger partial charge in [0.15, 0.2) is 0 Å². The van der Waals surface area contributed by atoms with Gasteiger partial charge in [0, 0.05) is 44.5 Å². The van der Waals surface area contributed by atoms with Crippen LogP contribution < -0.4 is 20.1 Å². The Morgan fingerprint density at radius 2 is 1.97 bits per heavy atom. The standard InChI is InChI=1S/C25H33N3O5/c1-16-13-26-17(2)15-33-22-10-9-19(12-21(22)25(30)28(3)14-23(16)32-5)27-24(29)18-7-6-8-20(11-18)31-4/h6-12,16-17,23,26H,13-15H2,1-5H3,(H,27,29)/t16-,17+,23-/m0/s1. The summed E-state index contributed by atoms with van der Waals surface area (Å²) in [6.45, 7) is 5.74. The molecule has 3 rings (SSSR count). The smallest absolute Gasteiger partial charge is 0.257 e. The fourth-order valence-corrected chi connectivity index (χ4v) is 3.71. The summed E-state index contributed by atoms with van der Waals surface area (Å²) in [6.07, 6.45) is -0.113. The maximum Gasteiger partial charge on any atom is 0.257 e. The first-order chi connectivity index (χ1) is 15.8. The Labute approximate surface area is 195 Å². The third kappa shape index (κ3) is 6.24. The van der Waals surface area contributed by atoms with Gasteiger partial charge in [-0.1, -0.05) is 13.0 Å². The van der Waals surface area contributed by atoms with Crippen molar-refractivity contribution in [1.29, 1.82) is 0 Å². The number of hydrogen-bond donors (Lipinski definition) is 2. The third-order valence-electron chi connectivity index (χ3n) is 5.81. The quantitative estimate of drug-likeness (QED) is 0.737. The Morgan fingerprint density at radius 3 is 2.70 bits per heavy atom. The Morgan fingerprint density at radius 1 is 1.18 bits per heavy atom. The normalized spacial score (nSPS) is 21.8. The summed E-state index contributed by atoms with van der Waals surface area (Å²) in [5, 5.41) is 6.32. The molecule has 0 saturated heterocycles. The van der Waals surface area contributed by atoms with E-state index in [-0.39, 0.29) is 29.9 Å². The molecule has 8 nitrogen and oxygen atoms in total. The molecule has 1 aliphatic heterocycles. The highest BCUT2D eigenvalue weighted by atomic mass is 16.5. The van der Waals surface area contributed by atoms with E-state index in [1.165, 1.54) is 0 Å². The molecule has 178 valence electrons. The molecule has 0 bridgehead atoms. The van der Waals surface area contributed by atoms with Gasteiger partial charge in [0.2, 0.25) is 0 Å². The predicted molar refractivity (Wildman–Crippen MR) is 127 cm³/mol. The molecule has 0 spiro atoms. The fourth-order valence-electron chi connectivity index (χ4n) is 3.71. The molecular formula is C25H33N3O5. The van der Waals surface area contributed by atoms with E-state index < -0.39 is 0 Å². The predicted octanol–water partition coefficient (Wildman–Crippen LogP) is 3.04. The van der Waals surface area contributed by atoms with Gasteiger partial charge in [-0.3, -0.25) is 9.59 Å². The molecule has 0 unspecified atom stereocenters. The second-order valence-corrected chi connectivity index (χ2v) is 8.45. The summed E-state index contributed by atoms with van der Waals surface area (Å²) in [5.74, 6) is 0.783. The largest absolute Gasteiger partial charge is 0.497 e. The molecule has 0 radical (unpaired) electrons. The number of hydrogen-bond acceptors (Lipinski definition) is 6. The number of carbonyl (C=O) groups is 2. The lowest BCUT2D eigenvalue weighted by Gasteiger charge is -2.30. The molecule has 1 heterocycles. The minimum absolute atomic E-state index is 0.0949. The van der Waals surface area contributed by atoms with Crippen LogP contribution in [0.2, 0.25) is 0 Å². The van der Waals surface area contributed by atoms with Crippen LogP contribution in [0.4, 0.5) is 5.69 Å². The zero-order valence-corrected chi connectivity index (χ0v) is 19.9. The first-order valence-electron chi connectivity index (χ1n) is 11.1. The highest BCUT2D eigenvalue weighted by Crippen LogP contribution is 2.26. The summed E-state index contributed by atoms with van der Waals surface area (Å²) >= 11 is 0. The van der Waals surface area contributed by atoms with Crippen molar-refractivity contribution < 1.29 is 23.8 Å². The van der Waals surface area contributed by atoms with E-state index in [1.54, 1.807) is 68.6 Å². The average molecular weight is 456 g/mol. The van der Waals surface area contributed by atoms with Crippen LogP contribution >= 0.6 is 0 Å². The summed E-state index contributed by atoms with van der Waals surface area (Å²) in [4.78, 5) is 27.7. The second kappa shape index (κ2) is 11.2. The second-order valence-electron chi connectivity index (χ2n) is 8.45. The minimum Gasteiger partial charge on any atom is -0.497 e. The number of likely N-dealkylation sites (N-methyl/N-ethyl adjacent to an activating group) is 1. The number of anilines is 1. The number of ether oxygens (including phenoxy) is 3. The van der Waals surface area contributed by atoms with Crippen LogP contribution in [0.5, 0.6) is 11.5 Å². The van der Waals surface area contributed by atoms with Gasteiger partial charge in [0.1, 0.15) is 18.1 Å². The summed E-state index contributed by atoms with van der Waals surface area (Å²) in [6, 6.07) is 12.1. The van der Waals surface area contributed by atoms with Gasteiger partial charge in [0.25, 0.3) is 11.8 Å². The van der Waals surface area contributed by atoms with Crippen molar-refractivity contribution in [3.63, 3.8) is 0 Å². The Bertz CT molecular complexity index is 980. The first-order valence-corrected chi connectivity index (χ1v) is 11.1. The summed E-state index contributed by atoms with van der Waals surface area (Å²) in [7, 11) is 4.96. The van der Waals surface area contributed by atoms with Crippen LogP contribution in [-0.2, 0) is 4.74 Å². The molecule has 8 heteroatoms. The number of rotatable bonds is 4. The Kier molecular flexibility index (Phi) is 8.30. The van der Waals surface area contributed by atoms with Crippen molar-refractivity contribution in [2.75, 3.05) is 46.3 Å². The van der Waals surface area contributed by atoms with Crippen LogP contribution in [0.25, 0.3) is 0 Å². The summed E-state index contributed by atoms with van der Waals surface area (Å²) in [5.41, 5.74) is 1.34. The number of carbonyl (C=O) groups excluding carboxylic acids is 2. The molecule has 0 aliphatic carbocycles. The molecule has 0 fully saturated rings. The maximum absolute atomic E-state index is 13.3. The van der Waals surface area contributed by atoms with Gasteiger partial charge in [-0.25, -0.2) is 0 Å². The van der Waals surface area contributed by atoms with Crippen molar-refractivity contribution >= 4 is 17.5 Å². The van der Waals surface area contributed by atoms with Gasteiger partial charge in [-0.05, 0) is 49.2 Å². The molecule has 33 heavy (non-hydrogen) atoms. The zero-order valence-electron chi connectivity index (χ0n) is 19.9. The van der Waals surface area contributed by atoms with Gasteiger partial charge in [-0.2, -0.15) is 0 Å². The van der Waals surface area contributed by atoms with Crippen molar-refractivity contribution in [2.45, 2.75) is 26.0 Å². The molecular weight excluding hydrogens is 422 g/mol. The average Bonchev–Trinajstić information content (AvgIpc) is 2.83. The molecule has 3 atom stereocenters. The highest BCUT2D eigenvalue weighted by molar-refractivity contribution is 6.05. The number of nitrogens with one attached hydrogen (secondary N) is 2. The fraction of sp³-hybridized carbons (Fsp3) is 0.440. The van der Waals surface area contributed by atoms with Crippen LogP contribution in [0.1, 0.15) is 34.6 Å². The third-order valence-corrected chi connectivity index (χ3v) is 5.81. The van der Waals surface area contributed by atoms with Crippen LogP contribution in [0, 0.1) is 5.92 Å². The molecule has 0 aromatic heterocycles. The Balaban J connectivity index is 1.88. The van der Waals surface area contributed by atoms with Crippen LogP contribution in [-0.4, -0.2) is 69.8 Å². The monoisotopic (exact) mass is 455 g/mol. The van der Waals surface area contributed by atoms with E-state index in [9.17, 15) is 9.59 Å². The van der Waals surface area contributed by atoms with E-state index in [4.69, 9.17) is 14.2 Å². The van der Waals surface area contributed by atoms with E-state index in [2.05, 4.69) is 17.6 Å². The minimum atomic E-state index is -0.296. The van der Waals surface area contributed by atoms with E-state index >= 15 is 0 Å². The lowest BCUT2D eigenvalue weighted by Crippen LogP contribution is -2.44. The molecule has 1 aliphatic rings. The van der Waals surface area contributed by atoms with Gasteiger partial charge in [-0.15, -0.1) is 0 Å². The molecule has 2 aromatic rings. The lowest BCUT2D eigenvalue weighted by atomic mass is 10.0. The number of methoxy groups -OCH3 is 2. The number of benzene rings is 2. The van der Waals surface area contributed by atoms with Crippen LogP contribution in [0.15, 0.2) is 42.5 Å². The van der Waals surface area contributed by atoms with Gasteiger partial charge < -0.3 is 29.7 Å². The van der Waals surface area contributed by atoms with E-state index in [1.807, 2.05) is 6.92 Å². The van der Waals surface area contributed by atoms with E-state index in [0.29, 0.717) is 41.5 Å². The SMILES string of the molecule is COc1cccc(C(=O)Nc2ccc3c(c2)C(=O)N(C)C[C@H](OC)[C@@H](C)CN[C@H](C)CO3)c1. The number of nitrogens with zero attached hydrogens (tertiary/aromatic N) is 1. The van der Waals surface area contributed by atoms with Crippen molar-refractivity contribution in [2.24, 2.45) is 5.92 Å². The molecule has 2 N–H and O–H groups in total. The zero-order chi connectivity index (χ0) is 24.0. The van der Waals surface area contributed by atoms with Gasteiger partial charge >= 0.3 is 0 Å². The highest BCUT2D eigenvalue weighted by Gasteiger charge is 2.25. The number of amides is 2.